The van der Waals surface area contributed by atoms with E-state index in [1.807, 2.05) is 0 Å². The van der Waals surface area contributed by atoms with Gasteiger partial charge in [0.15, 0.2) is 0 Å². The summed E-state index contributed by atoms with van der Waals surface area (Å²) < 4.78 is 93.2. The van der Waals surface area contributed by atoms with Crippen molar-refractivity contribution in [3.05, 3.63) is 40.6 Å². The van der Waals surface area contributed by atoms with E-state index in [-0.39, 0.29) is 13.0 Å². The van der Waals surface area contributed by atoms with Gasteiger partial charge >= 0.3 is 5.97 Å². The normalized spacial score (nSPS) is 27.3. The molecule has 0 unspecified atom stereocenters. The predicted octanol–water partition coefficient (Wildman–Crippen LogP) is 3.26. The van der Waals surface area contributed by atoms with E-state index in [9.17, 15) is 17.6 Å². The van der Waals surface area contributed by atoms with Gasteiger partial charge in [-0.2, -0.15) is 0 Å². The average Bonchev–Trinajstić information content (AvgIpc) is 2.61. The van der Waals surface area contributed by atoms with Crippen LogP contribution in [0.4, 0.5) is 10.1 Å². The fraction of sp³-hybridized carbons (Fsp3) is 0.400. The van der Waals surface area contributed by atoms with Crippen molar-refractivity contribution in [1.82, 2.24) is 0 Å². The molecule has 2 rings (SSSR count). The van der Waals surface area contributed by atoms with E-state index in [1.165, 1.54) is 6.92 Å². The van der Waals surface area contributed by atoms with Crippen LogP contribution in [0.3, 0.4) is 0 Å². The molecule has 0 aliphatic heterocycles. The smallest absolute Gasteiger partial charge is 0.335 e. The van der Waals surface area contributed by atoms with Crippen molar-refractivity contribution in [1.29, 1.82) is 0 Å². The molecule has 0 amide bonds. The Morgan fingerprint density at radius 1 is 1.65 bits per heavy atom. The molecule has 0 aromatic heterocycles. The lowest BCUT2D eigenvalue weighted by Crippen LogP contribution is -2.34. The molecule has 126 valence electrons. The Morgan fingerprint density at radius 3 is 3.09 bits per heavy atom. The van der Waals surface area contributed by atoms with Gasteiger partial charge in [0.2, 0.25) is 10.0 Å². The van der Waals surface area contributed by atoms with Crippen LogP contribution in [0.2, 0.25) is 5.02 Å². The second-order valence-electron chi connectivity index (χ2n) is 4.38. The molecule has 1 N–H and O–H groups in total. The van der Waals surface area contributed by atoms with Crippen molar-refractivity contribution >= 4 is 33.3 Å². The first-order valence-corrected chi connectivity index (χ1v) is 8.39. The van der Waals surface area contributed by atoms with Gasteiger partial charge in [0.1, 0.15) is 11.0 Å². The van der Waals surface area contributed by atoms with E-state index < -0.39 is 74.2 Å². The van der Waals surface area contributed by atoms with Crippen molar-refractivity contribution < 1.29 is 30.6 Å². The number of anilines is 1. The summed E-state index contributed by atoms with van der Waals surface area (Å²) in [5.41, 5.74) is -1.44. The molecule has 0 fully saturated rings. The van der Waals surface area contributed by atoms with E-state index in [4.69, 9.17) is 24.6 Å². The van der Waals surface area contributed by atoms with Gasteiger partial charge in [-0.25, -0.2) is 17.6 Å². The SMILES string of the molecule is [2H]c1c([2H])c(NS(=O)(=O)[C@]2([2H])CC([2H])([2H])CC=C2C(=O)OCC)c(Cl)c([2H])c1F. The summed E-state index contributed by atoms with van der Waals surface area (Å²) in [6.45, 7) is 1.35. The van der Waals surface area contributed by atoms with Crippen molar-refractivity contribution in [2.24, 2.45) is 0 Å². The summed E-state index contributed by atoms with van der Waals surface area (Å²) in [5.74, 6) is -2.55. The van der Waals surface area contributed by atoms with Gasteiger partial charge in [-0.05, 0) is 44.3 Å². The Labute approximate surface area is 148 Å². The van der Waals surface area contributed by atoms with Crippen LogP contribution in [-0.2, 0) is 19.6 Å². The molecular formula is C15H17ClFNO4S. The number of carbonyl (C=O) groups excluding carboxylic acids is 1. The molecule has 1 aromatic rings. The number of hydrogen-bond acceptors (Lipinski definition) is 4. The maximum atomic E-state index is 13.7. The fourth-order valence-corrected chi connectivity index (χ4v) is 3.37. The van der Waals surface area contributed by atoms with Crippen LogP contribution in [0, 0.1) is 5.82 Å². The third-order valence-electron chi connectivity index (χ3n) is 2.83. The number of allylic oxidation sites excluding steroid dienone is 1. The van der Waals surface area contributed by atoms with E-state index in [0.29, 0.717) is 0 Å². The number of esters is 1. The Balaban J connectivity index is 2.63. The van der Waals surface area contributed by atoms with Crippen LogP contribution in [0.15, 0.2) is 29.8 Å². The monoisotopic (exact) mass is 367 g/mol. The lowest BCUT2D eigenvalue weighted by Gasteiger charge is -2.24. The number of benzene rings is 1. The zero-order valence-corrected chi connectivity index (χ0v) is 13.6. The maximum absolute atomic E-state index is 13.7. The van der Waals surface area contributed by atoms with Crippen molar-refractivity contribution in [2.45, 2.75) is 31.4 Å². The number of nitrogens with one attached hydrogen (secondary N) is 1. The standard InChI is InChI=1S/C15H17ClFNO4S/c1-2-22-15(19)11-5-3-4-6-14(11)23(20,21)18-13-8-7-10(17)9-12(13)16/h5,7-9,14,18H,2-4,6H2,1H3/t14-/m1/s1/i4D2,7D,8D,9D,14D. The van der Waals surface area contributed by atoms with Crippen molar-refractivity contribution in [3.63, 3.8) is 0 Å². The van der Waals surface area contributed by atoms with E-state index in [2.05, 4.69) is 0 Å². The number of carbonyl (C=O) groups is 1. The van der Waals surface area contributed by atoms with Gasteiger partial charge in [-0.15, -0.1) is 0 Å². The number of ether oxygens (including phenoxy) is 1. The largest absolute Gasteiger partial charge is 0.463 e. The number of rotatable bonds is 5. The minimum absolute atomic E-state index is 0.113. The fourth-order valence-electron chi connectivity index (χ4n) is 1.84. The highest BCUT2D eigenvalue weighted by Crippen LogP contribution is 2.30. The van der Waals surface area contributed by atoms with Crippen LogP contribution in [-0.4, -0.2) is 26.2 Å². The Kier molecular flexibility index (Phi) is 3.51. The van der Waals surface area contributed by atoms with Gasteiger partial charge in [-0.3, -0.25) is 4.72 Å². The summed E-state index contributed by atoms with van der Waals surface area (Å²) in [6, 6.07) is -3.09. The molecule has 0 heterocycles. The van der Waals surface area contributed by atoms with E-state index in [1.54, 1.807) is 4.72 Å². The molecule has 0 bridgehead atoms. The second kappa shape index (κ2) is 7.31. The molecule has 0 spiro atoms. The molecule has 5 nitrogen and oxygen atoms in total. The molecule has 1 aliphatic rings. The van der Waals surface area contributed by atoms with Crippen LogP contribution in [0.5, 0.6) is 0 Å². The first-order valence-electron chi connectivity index (χ1n) is 9.53. The third-order valence-corrected chi connectivity index (χ3v) is 4.60. The molecule has 1 atom stereocenters. The minimum atomic E-state index is -5.00. The third kappa shape index (κ3) is 4.23. The summed E-state index contributed by atoms with van der Waals surface area (Å²) in [5, 5.41) is -3.67. The summed E-state index contributed by atoms with van der Waals surface area (Å²) in [4.78, 5) is 12.2. The number of halogens is 2. The van der Waals surface area contributed by atoms with Gasteiger partial charge < -0.3 is 4.74 Å². The highest BCUT2D eigenvalue weighted by Gasteiger charge is 2.35. The van der Waals surface area contributed by atoms with E-state index in [0.717, 1.165) is 6.08 Å². The van der Waals surface area contributed by atoms with Crippen molar-refractivity contribution in [3.8, 4) is 0 Å². The molecular weight excluding hydrogens is 345 g/mol. The van der Waals surface area contributed by atoms with Crippen LogP contribution in [0.1, 0.15) is 34.4 Å². The van der Waals surface area contributed by atoms with Crippen LogP contribution in [0.25, 0.3) is 0 Å². The van der Waals surface area contributed by atoms with Gasteiger partial charge in [0.25, 0.3) is 0 Å². The molecule has 0 saturated carbocycles. The second-order valence-corrected chi connectivity index (χ2v) is 6.46. The van der Waals surface area contributed by atoms with Gasteiger partial charge in [0, 0.05) is 2.74 Å². The minimum Gasteiger partial charge on any atom is -0.463 e. The van der Waals surface area contributed by atoms with Gasteiger partial charge in [-0.1, -0.05) is 17.7 Å². The number of hydrogen-bond donors (Lipinski definition) is 1. The molecule has 8 heteroatoms. The molecule has 23 heavy (non-hydrogen) atoms. The number of sulfonamides is 1. The zero-order valence-electron chi connectivity index (χ0n) is 18.0. The van der Waals surface area contributed by atoms with Gasteiger partial charge in [0.05, 0.1) is 28.4 Å². The molecule has 1 aliphatic carbocycles. The summed E-state index contributed by atoms with van der Waals surface area (Å²) >= 11 is 5.77. The van der Waals surface area contributed by atoms with E-state index >= 15 is 0 Å². The average molecular weight is 368 g/mol. The Morgan fingerprint density at radius 2 is 2.39 bits per heavy atom. The molecule has 1 aromatic carbocycles. The first-order chi connectivity index (χ1) is 13.2. The Hall–Kier alpha value is -1.60. The zero-order chi connectivity index (χ0) is 22.4. The molecule has 0 radical (unpaired) electrons. The van der Waals surface area contributed by atoms with Crippen molar-refractivity contribution in [2.75, 3.05) is 11.3 Å². The lowest BCUT2D eigenvalue weighted by molar-refractivity contribution is -0.138. The predicted molar refractivity (Wildman–Crippen MR) is 86.3 cm³/mol. The molecule has 0 saturated heterocycles. The maximum Gasteiger partial charge on any atom is 0.335 e. The topological polar surface area (TPSA) is 72.5 Å². The lowest BCUT2D eigenvalue weighted by atomic mass is 9.99. The first kappa shape index (κ1) is 11.0. The summed E-state index contributed by atoms with van der Waals surface area (Å²) in [6.07, 6.45) is -2.45. The highest BCUT2D eigenvalue weighted by molar-refractivity contribution is 7.93. The quantitative estimate of drug-likeness (QED) is 0.811. The summed E-state index contributed by atoms with van der Waals surface area (Å²) in [7, 11) is -5.00. The highest BCUT2D eigenvalue weighted by atomic mass is 35.5. The van der Waals surface area contributed by atoms with Crippen LogP contribution < -0.4 is 4.72 Å². The van der Waals surface area contributed by atoms with Crippen LogP contribution >= 0.6 is 11.6 Å². The Bertz CT molecular complexity index is 974.